The number of hydrogen-bond acceptors (Lipinski definition) is 1. The van der Waals surface area contributed by atoms with Gasteiger partial charge in [-0.2, -0.15) is 0 Å². The maximum atomic E-state index is 6.72. The summed E-state index contributed by atoms with van der Waals surface area (Å²) in [6, 6.07) is 0. The molecule has 0 saturated heterocycles. The molecule has 0 aromatic carbocycles. The van der Waals surface area contributed by atoms with Crippen LogP contribution in [-0.2, 0) is 0 Å². The fourth-order valence-corrected chi connectivity index (χ4v) is 1.01. The molecule has 0 amide bonds. The molecule has 0 rings (SSSR count). The molecule has 1 unspecified atom stereocenters. The molecule has 0 aliphatic rings. The molecule has 1 heteroatoms. The minimum Gasteiger partial charge on any atom is -0.146 e. The van der Waals surface area contributed by atoms with Gasteiger partial charge in [-0.15, -0.1) is 11.8 Å². The highest BCUT2D eigenvalue weighted by atomic mass is 32.2. The van der Waals surface area contributed by atoms with Crippen LogP contribution in [0.3, 0.4) is 0 Å². The Morgan fingerprint density at radius 3 is 2.75 bits per heavy atom. The summed E-state index contributed by atoms with van der Waals surface area (Å²) in [7, 11) is 0. The summed E-state index contributed by atoms with van der Waals surface area (Å²) in [6.45, 7) is 4.14. The van der Waals surface area contributed by atoms with Crippen molar-refractivity contribution in [1.29, 1.82) is 0 Å². The van der Waals surface area contributed by atoms with Crippen LogP contribution in [0.4, 0.5) is 0 Å². The second-order valence-electron chi connectivity index (χ2n) is 1.66. The molecule has 0 aliphatic heterocycles. The highest BCUT2D eigenvalue weighted by Gasteiger charge is 1.92. The fraction of sp³-hybridized carbons (Fsp3) is 0.714. The van der Waals surface area contributed by atoms with Crippen LogP contribution in [0.2, 0.25) is 0 Å². The van der Waals surface area contributed by atoms with Gasteiger partial charge in [0.05, 0.1) is 5.25 Å². The van der Waals surface area contributed by atoms with E-state index in [1.54, 1.807) is 11.8 Å². The van der Waals surface area contributed by atoms with Crippen molar-refractivity contribution in [2.45, 2.75) is 25.5 Å². The summed E-state index contributed by atoms with van der Waals surface area (Å²) in [5.41, 5.74) is 0. The molecular weight excluding hydrogens is 116 g/mol. The van der Waals surface area contributed by atoms with Gasteiger partial charge in [-0.3, -0.25) is 0 Å². The second kappa shape index (κ2) is 5.05. The monoisotopic (exact) mass is 127 g/mol. The van der Waals surface area contributed by atoms with E-state index in [1.807, 2.05) is 6.92 Å². The molecule has 0 aromatic rings. The molecule has 8 heavy (non-hydrogen) atoms. The van der Waals surface area contributed by atoms with Gasteiger partial charge in [-0.25, -0.2) is 0 Å². The Hall–Kier alpha value is -0.0900. The Morgan fingerprint density at radius 1 is 1.75 bits per heavy atom. The molecule has 0 heterocycles. The van der Waals surface area contributed by atoms with E-state index in [0.29, 0.717) is 0 Å². The standard InChI is InChI=1S/C7H11S/c1-4-6-8-7(3)5-2/h7H,4,6H2,1,3H3. The molecule has 0 N–H and O–H groups in total. The maximum Gasteiger partial charge on any atom is 0.0639 e. The van der Waals surface area contributed by atoms with Crippen LogP contribution in [-0.4, -0.2) is 11.0 Å². The highest BCUT2D eigenvalue weighted by Crippen LogP contribution is 2.09. The average Bonchev–Trinajstić information content (AvgIpc) is 1.83. The summed E-state index contributed by atoms with van der Waals surface area (Å²) in [5, 5.41) is 0.287. The quantitative estimate of drug-likeness (QED) is 0.523. The predicted octanol–water partition coefficient (Wildman–Crippen LogP) is 2.11. The van der Waals surface area contributed by atoms with Crippen molar-refractivity contribution in [1.82, 2.24) is 0 Å². The van der Waals surface area contributed by atoms with Gasteiger partial charge in [-0.1, -0.05) is 12.8 Å². The average molecular weight is 127 g/mol. The second-order valence-corrected chi connectivity index (χ2v) is 3.11. The topological polar surface area (TPSA) is 0 Å². The Kier molecular flexibility index (Phi) is 5.00. The van der Waals surface area contributed by atoms with Crippen molar-refractivity contribution < 1.29 is 0 Å². The summed E-state index contributed by atoms with van der Waals surface area (Å²) >= 11 is 1.78. The molecule has 0 aliphatic carbocycles. The first-order chi connectivity index (χ1) is 3.81. The minimum absolute atomic E-state index is 0.287. The van der Waals surface area contributed by atoms with Crippen LogP contribution in [0.15, 0.2) is 0 Å². The van der Waals surface area contributed by atoms with Crippen molar-refractivity contribution in [3.8, 4) is 5.92 Å². The van der Waals surface area contributed by atoms with Crippen molar-refractivity contribution in [2.24, 2.45) is 0 Å². The molecule has 45 valence electrons. The normalized spacial score (nSPS) is 12.6. The largest absolute Gasteiger partial charge is 0.146 e. The highest BCUT2D eigenvalue weighted by molar-refractivity contribution is 8.00. The van der Waals surface area contributed by atoms with Gasteiger partial charge >= 0.3 is 0 Å². The molecule has 0 aromatic heterocycles. The van der Waals surface area contributed by atoms with Crippen molar-refractivity contribution in [3.63, 3.8) is 0 Å². The van der Waals surface area contributed by atoms with Gasteiger partial charge in [-0.05, 0) is 25.5 Å². The first kappa shape index (κ1) is 7.91. The van der Waals surface area contributed by atoms with Gasteiger partial charge in [0.1, 0.15) is 0 Å². The summed E-state index contributed by atoms with van der Waals surface area (Å²) < 4.78 is 0. The van der Waals surface area contributed by atoms with Gasteiger partial charge in [0.2, 0.25) is 0 Å². The fourth-order valence-electron chi connectivity index (χ4n) is 0.336. The SMILES string of the molecule is [C]#CC(C)SCCC. The summed E-state index contributed by atoms with van der Waals surface area (Å²) in [4.78, 5) is 0. The third-order valence-electron chi connectivity index (χ3n) is 0.775. The lowest BCUT2D eigenvalue weighted by Crippen LogP contribution is -1.90. The van der Waals surface area contributed by atoms with Crippen LogP contribution >= 0.6 is 11.8 Å². The molecule has 1 radical (unpaired) electrons. The number of rotatable bonds is 3. The Balaban J connectivity index is 3.02. The molecule has 0 nitrogen and oxygen atoms in total. The van der Waals surface area contributed by atoms with Crippen molar-refractivity contribution >= 4 is 11.8 Å². The van der Waals surface area contributed by atoms with Gasteiger partial charge in [0.15, 0.2) is 0 Å². The van der Waals surface area contributed by atoms with E-state index >= 15 is 0 Å². The predicted molar refractivity (Wildman–Crippen MR) is 39.3 cm³/mol. The van der Waals surface area contributed by atoms with E-state index in [9.17, 15) is 0 Å². The van der Waals surface area contributed by atoms with Crippen LogP contribution < -0.4 is 0 Å². The molecular formula is C7H11S. The third-order valence-corrected chi connectivity index (χ3v) is 2.04. The first-order valence-corrected chi connectivity index (χ1v) is 3.90. The van der Waals surface area contributed by atoms with Crippen LogP contribution in [0, 0.1) is 12.3 Å². The number of thioether (sulfide) groups is 1. The van der Waals surface area contributed by atoms with E-state index in [0.717, 1.165) is 5.75 Å². The molecule has 0 bridgehead atoms. The van der Waals surface area contributed by atoms with E-state index in [1.165, 1.54) is 6.42 Å². The smallest absolute Gasteiger partial charge is 0.0639 e. The van der Waals surface area contributed by atoms with Crippen molar-refractivity contribution in [3.05, 3.63) is 6.42 Å². The lowest BCUT2D eigenvalue weighted by atomic mass is 10.5. The van der Waals surface area contributed by atoms with Gasteiger partial charge in [0, 0.05) is 0 Å². The lowest BCUT2D eigenvalue weighted by Gasteiger charge is -1.98. The van der Waals surface area contributed by atoms with E-state index in [4.69, 9.17) is 6.42 Å². The van der Waals surface area contributed by atoms with Gasteiger partial charge in [0.25, 0.3) is 0 Å². The van der Waals surface area contributed by atoms with E-state index in [-0.39, 0.29) is 5.25 Å². The van der Waals surface area contributed by atoms with E-state index < -0.39 is 0 Å². The minimum atomic E-state index is 0.287. The van der Waals surface area contributed by atoms with Crippen molar-refractivity contribution in [2.75, 3.05) is 5.75 Å². The summed E-state index contributed by atoms with van der Waals surface area (Å²) in [5.74, 6) is 3.56. The van der Waals surface area contributed by atoms with E-state index in [2.05, 4.69) is 12.8 Å². The van der Waals surface area contributed by atoms with Crippen LogP contribution in [0.5, 0.6) is 0 Å². The first-order valence-electron chi connectivity index (χ1n) is 2.85. The van der Waals surface area contributed by atoms with Crippen LogP contribution in [0.25, 0.3) is 0 Å². The zero-order chi connectivity index (χ0) is 6.41. The third kappa shape index (κ3) is 4.08. The molecule has 0 spiro atoms. The number of hydrogen-bond donors (Lipinski definition) is 0. The summed E-state index contributed by atoms with van der Waals surface area (Å²) in [6.07, 6.45) is 7.91. The van der Waals surface area contributed by atoms with Gasteiger partial charge < -0.3 is 0 Å². The molecule has 0 saturated carbocycles. The maximum absolute atomic E-state index is 6.72. The zero-order valence-electron chi connectivity index (χ0n) is 5.40. The zero-order valence-corrected chi connectivity index (χ0v) is 6.22. The lowest BCUT2D eigenvalue weighted by molar-refractivity contribution is 1.10. The molecule has 0 fully saturated rings. The Morgan fingerprint density at radius 2 is 2.38 bits per heavy atom. The molecule has 1 atom stereocenters. The Labute approximate surface area is 56.1 Å². The Bertz CT molecular complexity index is 80.9. The van der Waals surface area contributed by atoms with Crippen LogP contribution in [0.1, 0.15) is 20.3 Å².